The number of hydrogen-bond acceptors (Lipinski definition) is 5. The summed E-state index contributed by atoms with van der Waals surface area (Å²) in [7, 11) is 0. The van der Waals surface area contributed by atoms with E-state index in [1.165, 1.54) is 43.5 Å². The summed E-state index contributed by atoms with van der Waals surface area (Å²) in [5, 5.41) is 8.54. The molecule has 2 amide bonds. The summed E-state index contributed by atoms with van der Waals surface area (Å²) in [6.45, 7) is 1.79. The van der Waals surface area contributed by atoms with E-state index in [1.54, 1.807) is 24.3 Å². The highest BCUT2D eigenvalue weighted by Gasteiger charge is 2.53. The third-order valence-electron chi connectivity index (χ3n) is 7.99. The van der Waals surface area contributed by atoms with Gasteiger partial charge in [0.05, 0.1) is 5.69 Å². The van der Waals surface area contributed by atoms with Crippen LogP contribution in [0.15, 0.2) is 35.4 Å². The van der Waals surface area contributed by atoms with Crippen molar-refractivity contribution in [3.05, 3.63) is 30.3 Å². The summed E-state index contributed by atoms with van der Waals surface area (Å²) in [4.78, 5) is 37.3. The maximum absolute atomic E-state index is 12.6. The fourth-order valence-corrected chi connectivity index (χ4v) is 6.83. The van der Waals surface area contributed by atoms with Crippen molar-refractivity contribution in [2.75, 3.05) is 11.6 Å². The molecule has 4 saturated carbocycles. The maximum atomic E-state index is 12.6. The average molecular weight is 438 g/mol. The van der Waals surface area contributed by atoms with Gasteiger partial charge >= 0.3 is 5.97 Å². The molecule has 1 aromatic rings. The number of anilines is 1. The van der Waals surface area contributed by atoms with Crippen molar-refractivity contribution in [2.24, 2.45) is 28.3 Å². The van der Waals surface area contributed by atoms with Crippen LogP contribution in [0, 0.1) is 23.2 Å². The second kappa shape index (κ2) is 8.34. The summed E-state index contributed by atoms with van der Waals surface area (Å²) in [6.07, 6.45) is 8.11. The molecule has 7 nitrogen and oxygen atoms in total. The van der Waals surface area contributed by atoms with E-state index in [1.807, 2.05) is 6.07 Å². The Morgan fingerprint density at radius 1 is 1.09 bits per heavy atom. The molecule has 0 radical (unpaired) electrons. The lowest BCUT2D eigenvalue weighted by Crippen LogP contribution is -2.56. The van der Waals surface area contributed by atoms with Crippen LogP contribution in [0.4, 0.5) is 5.69 Å². The van der Waals surface area contributed by atoms with Crippen LogP contribution in [0.3, 0.4) is 0 Å². The van der Waals surface area contributed by atoms with Gasteiger partial charge in [0.1, 0.15) is 5.71 Å². The molecule has 0 spiro atoms. The molecule has 4 aliphatic carbocycles. The van der Waals surface area contributed by atoms with E-state index in [2.05, 4.69) is 17.3 Å². The summed E-state index contributed by atoms with van der Waals surface area (Å²) in [5.74, 6) is 1.37. The molecule has 5 aliphatic rings. The Balaban J connectivity index is 1.16. The van der Waals surface area contributed by atoms with Crippen LogP contribution in [-0.4, -0.2) is 36.1 Å². The molecule has 170 valence electrons. The highest BCUT2D eigenvalue weighted by Crippen LogP contribution is 2.61. The predicted octanol–water partition coefficient (Wildman–Crippen LogP) is 3.43. The third kappa shape index (κ3) is 4.05. The molecule has 0 aromatic heterocycles. The van der Waals surface area contributed by atoms with Crippen LogP contribution in [0.1, 0.15) is 58.3 Å². The van der Waals surface area contributed by atoms with Crippen molar-refractivity contribution in [1.82, 2.24) is 5.32 Å². The van der Waals surface area contributed by atoms with Crippen molar-refractivity contribution in [3.63, 3.8) is 0 Å². The summed E-state index contributed by atoms with van der Waals surface area (Å²) >= 11 is 0. The Morgan fingerprint density at radius 3 is 2.34 bits per heavy atom. The molecular formula is C25H31N3O4. The number of benzene rings is 1. The Labute approximate surface area is 188 Å². The number of hydrazone groups is 1. The lowest BCUT2D eigenvalue weighted by molar-refractivity contribution is -0.143. The van der Waals surface area contributed by atoms with E-state index in [-0.39, 0.29) is 48.4 Å². The number of nitrogens with zero attached hydrogens (tertiary/aromatic N) is 2. The number of esters is 1. The molecule has 1 atom stereocenters. The topological polar surface area (TPSA) is 88.1 Å². The second-order valence-corrected chi connectivity index (χ2v) is 10.2. The Kier molecular flexibility index (Phi) is 5.51. The van der Waals surface area contributed by atoms with Crippen LogP contribution in [0.2, 0.25) is 0 Å². The van der Waals surface area contributed by atoms with Crippen molar-refractivity contribution in [3.8, 4) is 0 Å². The van der Waals surface area contributed by atoms with Gasteiger partial charge in [-0.3, -0.25) is 9.59 Å². The quantitative estimate of drug-likeness (QED) is 0.691. The maximum Gasteiger partial charge on any atom is 0.355 e. The van der Waals surface area contributed by atoms with E-state index in [0.717, 1.165) is 17.8 Å². The number of amides is 2. The number of hydrogen-bond donors (Lipinski definition) is 1. The third-order valence-corrected chi connectivity index (χ3v) is 7.99. The fourth-order valence-electron chi connectivity index (χ4n) is 6.83. The van der Waals surface area contributed by atoms with Crippen molar-refractivity contribution >= 4 is 29.2 Å². The van der Waals surface area contributed by atoms with E-state index in [4.69, 9.17) is 4.74 Å². The molecule has 32 heavy (non-hydrogen) atoms. The van der Waals surface area contributed by atoms with Gasteiger partial charge in [-0.1, -0.05) is 18.2 Å². The van der Waals surface area contributed by atoms with Crippen LogP contribution in [0.5, 0.6) is 0 Å². The normalized spacial score (nSPS) is 31.8. The molecule has 0 saturated heterocycles. The van der Waals surface area contributed by atoms with Crippen LogP contribution < -0.4 is 10.3 Å². The monoisotopic (exact) mass is 437 g/mol. The largest absolute Gasteiger partial charge is 0.451 e. The van der Waals surface area contributed by atoms with Crippen molar-refractivity contribution in [2.45, 2.75) is 64.3 Å². The van der Waals surface area contributed by atoms with Crippen LogP contribution in [0.25, 0.3) is 0 Å². The number of ether oxygens (including phenoxy) is 1. The number of carbonyl (C=O) groups is 3. The molecule has 1 aromatic carbocycles. The second-order valence-electron chi connectivity index (χ2n) is 10.2. The van der Waals surface area contributed by atoms with Gasteiger partial charge < -0.3 is 10.1 Å². The van der Waals surface area contributed by atoms with Gasteiger partial charge in [-0.25, -0.2) is 9.80 Å². The Morgan fingerprint density at radius 2 is 1.72 bits per heavy atom. The van der Waals surface area contributed by atoms with Gasteiger partial charge in [-0.15, -0.1) is 0 Å². The highest BCUT2D eigenvalue weighted by atomic mass is 16.5. The number of carbonyl (C=O) groups excluding carboxylic acids is 3. The Hall–Kier alpha value is -2.70. The van der Waals surface area contributed by atoms with E-state index in [0.29, 0.717) is 5.69 Å². The SMILES string of the molecule is C[C@H](NC(=O)COC(=O)C1=NN(c2ccccc2)C(=O)CC1)C12CC3CC(CC(C3)C1)C2. The molecule has 4 fully saturated rings. The van der Waals surface area contributed by atoms with Gasteiger partial charge in [0.2, 0.25) is 5.91 Å². The average Bonchev–Trinajstić information content (AvgIpc) is 2.77. The minimum Gasteiger partial charge on any atom is -0.451 e. The molecule has 1 heterocycles. The highest BCUT2D eigenvalue weighted by molar-refractivity contribution is 6.38. The first-order chi connectivity index (χ1) is 15.4. The van der Waals surface area contributed by atoms with Crippen molar-refractivity contribution in [1.29, 1.82) is 0 Å². The first kappa shape index (κ1) is 21.2. The van der Waals surface area contributed by atoms with E-state index >= 15 is 0 Å². The van der Waals surface area contributed by atoms with Crippen molar-refractivity contribution < 1.29 is 19.1 Å². The number of para-hydroxylation sites is 1. The minimum absolute atomic E-state index is 0.0836. The zero-order valence-corrected chi connectivity index (χ0v) is 18.6. The molecule has 7 heteroatoms. The number of rotatable bonds is 6. The molecule has 0 unspecified atom stereocenters. The minimum atomic E-state index is -0.643. The zero-order valence-electron chi connectivity index (χ0n) is 18.6. The summed E-state index contributed by atoms with van der Waals surface area (Å²) in [5.41, 5.74) is 0.971. The van der Waals surface area contributed by atoms with E-state index < -0.39 is 5.97 Å². The smallest absolute Gasteiger partial charge is 0.355 e. The first-order valence-electron chi connectivity index (χ1n) is 11.8. The standard InChI is InChI=1S/C25H31N3O4/c1-16(25-12-17-9-18(13-25)11-19(10-17)14-25)26-22(29)15-32-24(31)21-7-8-23(30)28(27-21)20-5-3-2-4-6-20/h2-6,16-19H,7-15H2,1H3,(H,26,29)/t16-,17?,18?,19?,25?/m0/s1. The summed E-state index contributed by atoms with van der Waals surface area (Å²) < 4.78 is 5.26. The van der Waals surface area contributed by atoms with Crippen LogP contribution >= 0.6 is 0 Å². The van der Waals surface area contributed by atoms with E-state index in [9.17, 15) is 14.4 Å². The van der Waals surface area contributed by atoms with Gasteiger partial charge in [-0.05, 0) is 80.8 Å². The van der Waals surface area contributed by atoms with Gasteiger partial charge in [0, 0.05) is 18.9 Å². The lowest BCUT2D eigenvalue weighted by atomic mass is 9.48. The van der Waals surface area contributed by atoms with Crippen LogP contribution in [-0.2, 0) is 19.1 Å². The molecule has 4 bridgehead atoms. The van der Waals surface area contributed by atoms with Gasteiger partial charge in [0.25, 0.3) is 5.91 Å². The zero-order chi connectivity index (χ0) is 22.3. The molecule has 1 N–H and O–H groups in total. The first-order valence-corrected chi connectivity index (χ1v) is 11.8. The Bertz CT molecular complexity index is 906. The predicted molar refractivity (Wildman–Crippen MR) is 120 cm³/mol. The van der Waals surface area contributed by atoms with Gasteiger partial charge in [0.15, 0.2) is 6.61 Å². The number of nitrogens with one attached hydrogen (secondary N) is 1. The molecular weight excluding hydrogens is 406 g/mol. The fraction of sp³-hybridized carbons (Fsp3) is 0.600. The lowest BCUT2D eigenvalue weighted by Gasteiger charge is -2.59. The molecule has 6 rings (SSSR count). The van der Waals surface area contributed by atoms with Gasteiger partial charge in [-0.2, -0.15) is 5.10 Å². The molecule has 1 aliphatic heterocycles. The summed E-state index contributed by atoms with van der Waals surface area (Å²) in [6, 6.07) is 9.06.